The third-order valence-corrected chi connectivity index (χ3v) is 10.9. The molecule has 0 aliphatic heterocycles. The molecule has 0 aromatic carbocycles. The maximum atomic E-state index is 12.6. The Bertz CT molecular complexity index is 646. The Hall–Kier alpha value is -1.06. The Kier molecular flexibility index (Phi) is 3.31. The molecule has 4 heteroatoms. The molecule has 0 spiro atoms. The van der Waals surface area contributed by atoms with Crippen molar-refractivity contribution in [3.05, 3.63) is 0 Å². The summed E-state index contributed by atoms with van der Waals surface area (Å²) in [6.07, 6.45) is 3.86. The van der Waals surface area contributed by atoms with Gasteiger partial charge >= 0.3 is 11.9 Å². The molecule has 14 atom stereocenters. The van der Waals surface area contributed by atoms with Crippen molar-refractivity contribution in [1.29, 1.82) is 0 Å². The highest BCUT2D eigenvalue weighted by molar-refractivity contribution is 5.84. The molecule has 0 heterocycles. The molecule has 0 saturated heterocycles. The number of rotatable bonds is 2. The number of ether oxygens (including phenoxy) is 2. The molecule has 6 bridgehead atoms. The number of fused-ring (bicyclic) bond motifs is 16. The summed E-state index contributed by atoms with van der Waals surface area (Å²) in [4.78, 5) is 25.3. The van der Waals surface area contributed by atoms with Gasteiger partial charge < -0.3 is 9.47 Å². The van der Waals surface area contributed by atoms with Crippen LogP contribution in [0.25, 0.3) is 0 Å². The third kappa shape index (κ3) is 1.74. The largest absolute Gasteiger partial charge is 0.469 e. The lowest BCUT2D eigenvalue weighted by Gasteiger charge is -2.50. The molecule has 0 amide bonds. The van der Waals surface area contributed by atoms with Gasteiger partial charge in [0.25, 0.3) is 0 Å². The highest BCUT2D eigenvalue weighted by atomic mass is 16.5. The summed E-state index contributed by atoms with van der Waals surface area (Å²) < 4.78 is 10.3. The molecule has 14 unspecified atom stereocenters. The lowest BCUT2D eigenvalue weighted by atomic mass is 9.54. The zero-order chi connectivity index (χ0) is 18.8. The van der Waals surface area contributed by atoms with Crippen molar-refractivity contribution in [2.45, 2.75) is 33.1 Å². The minimum absolute atomic E-state index is 0.175. The van der Waals surface area contributed by atoms with Crippen molar-refractivity contribution >= 4 is 11.9 Å². The summed E-state index contributed by atoms with van der Waals surface area (Å²) in [5.41, 5.74) is 0. The number of hydrogen-bond donors (Lipinski definition) is 0. The molecule has 6 aliphatic rings. The van der Waals surface area contributed by atoms with Crippen LogP contribution in [0.5, 0.6) is 0 Å². The van der Waals surface area contributed by atoms with Gasteiger partial charge in [-0.1, -0.05) is 13.8 Å². The summed E-state index contributed by atoms with van der Waals surface area (Å²) in [5.74, 6) is 8.11. The van der Waals surface area contributed by atoms with E-state index in [2.05, 4.69) is 13.8 Å². The fourth-order valence-electron chi connectivity index (χ4n) is 10.4. The second kappa shape index (κ2) is 5.30. The summed E-state index contributed by atoms with van der Waals surface area (Å²) in [6, 6.07) is 0. The van der Waals surface area contributed by atoms with Crippen LogP contribution in [0, 0.1) is 82.9 Å². The van der Waals surface area contributed by atoms with Gasteiger partial charge in [0.2, 0.25) is 0 Å². The first-order valence-electron chi connectivity index (χ1n) is 11.1. The molecule has 0 aromatic rings. The van der Waals surface area contributed by atoms with Gasteiger partial charge in [-0.3, -0.25) is 9.59 Å². The van der Waals surface area contributed by atoms with E-state index in [1.807, 2.05) is 0 Å². The number of carbonyl (C=O) groups is 2. The van der Waals surface area contributed by atoms with Crippen LogP contribution in [0.4, 0.5) is 0 Å². The average Bonchev–Trinajstić information content (AvgIpc) is 3.46. The highest BCUT2D eigenvalue weighted by Crippen LogP contribution is 2.79. The van der Waals surface area contributed by atoms with Crippen LogP contribution in [0.1, 0.15) is 33.1 Å². The third-order valence-electron chi connectivity index (χ3n) is 10.9. The van der Waals surface area contributed by atoms with E-state index in [1.165, 1.54) is 27.1 Å². The first-order chi connectivity index (χ1) is 13.0. The topological polar surface area (TPSA) is 52.6 Å². The summed E-state index contributed by atoms with van der Waals surface area (Å²) >= 11 is 0. The van der Waals surface area contributed by atoms with Gasteiger partial charge in [0.1, 0.15) is 0 Å². The first kappa shape index (κ1) is 16.9. The first-order valence-corrected chi connectivity index (χ1v) is 11.1. The maximum absolute atomic E-state index is 12.6. The zero-order valence-corrected chi connectivity index (χ0v) is 16.8. The molecule has 6 rings (SSSR count). The van der Waals surface area contributed by atoms with Crippen LogP contribution < -0.4 is 0 Å². The number of methoxy groups -OCH3 is 2. The minimum Gasteiger partial charge on any atom is -0.469 e. The molecule has 4 nitrogen and oxygen atoms in total. The van der Waals surface area contributed by atoms with E-state index >= 15 is 0 Å². The smallest absolute Gasteiger partial charge is 0.309 e. The van der Waals surface area contributed by atoms with Gasteiger partial charge in [0.05, 0.1) is 26.1 Å². The van der Waals surface area contributed by atoms with E-state index in [9.17, 15) is 9.59 Å². The van der Waals surface area contributed by atoms with Gasteiger partial charge in [0.15, 0.2) is 0 Å². The average molecular weight is 373 g/mol. The summed E-state index contributed by atoms with van der Waals surface area (Å²) in [7, 11) is 2.94. The van der Waals surface area contributed by atoms with Crippen LogP contribution in [0.3, 0.4) is 0 Å². The van der Waals surface area contributed by atoms with Crippen LogP contribution in [0.2, 0.25) is 0 Å². The van der Waals surface area contributed by atoms with Crippen molar-refractivity contribution in [2.24, 2.45) is 82.9 Å². The van der Waals surface area contributed by atoms with Crippen LogP contribution in [-0.2, 0) is 19.1 Å². The Morgan fingerprint density at radius 2 is 0.926 bits per heavy atom. The molecular formula is C23H32O4. The summed E-state index contributed by atoms with van der Waals surface area (Å²) in [5, 5.41) is 0. The van der Waals surface area contributed by atoms with E-state index in [4.69, 9.17) is 9.47 Å². The Balaban J connectivity index is 1.38. The van der Waals surface area contributed by atoms with Crippen molar-refractivity contribution in [3.8, 4) is 0 Å². The van der Waals surface area contributed by atoms with Crippen molar-refractivity contribution in [1.82, 2.24) is 0 Å². The maximum Gasteiger partial charge on any atom is 0.309 e. The monoisotopic (exact) mass is 372 g/mol. The highest BCUT2D eigenvalue weighted by Gasteiger charge is 2.76. The fraction of sp³-hybridized carbons (Fsp3) is 0.913. The van der Waals surface area contributed by atoms with Gasteiger partial charge in [-0.25, -0.2) is 0 Å². The molecule has 0 aromatic heterocycles. The predicted octanol–water partition coefficient (Wildman–Crippen LogP) is 3.25. The van der Waals surface area contributed by atoms with Gasteiger partial charge in [-0.2, -0.15) is 0 Å². The SMILES string of the molecule is COC(=O)C1C2CC(C1C(=O)OC)C1C3CC(C4C5CC(C(C)C5C)C34)C21. The fourth-order valence-corrected chi connectivity index (χ4v) is 10.4. The molecule has 6 saturated carbocycles. The lowest BCUT2D eigenvalue weighted by molar-refractivity contribution is -0.165. The second-order valence-electron chi connectivity index (χ2n) is 10.8. The molecule has 6 fully saturated rings. The minimum atomic E-state index is -0.263. The van der Waals surface area contributed by atoms with E-state index in [-0.39, 0.29) is 23.8 Å². The molecule has 148 valence electrons. The number of esters is 2. The van der Waals surface area contributed by atoms with Crippen molar-refractivity contribution in [3.63, 3.8) is 0 Å². The van der Waals surface area contributed by atoms with E-state index in [1.54, 1.807) is 0 Å². The molecule has 0 radical (unpaired) electrons. The Morgan fingerprint density at radius 3 is 1.33 bits per heavy atom. The second-order valence-corrected chi connectivity index (χ2v) is 10.8. The van der Waals surface area contributed by atoms with E-state index in [0.29, 0.717) is 23.7 Å². The van der Waals surface area contributed by atoms with E-state index in [0.717, 1.165) is 53.8 Å². The number of hydrogen-bond acceptors (Lipinski definition) is 4. The normalized spacial score (nSPS) is 61.2. The quantitative estimate of drug-likeness (QED) is 0.552. The van der Waals surface area contributed by atoms with Crippen molar-refractivity contribution in [2.75, 3.05) is 14.2 Å². The van der Waals surface area contributed by atoms with Gasteiger partial charge in [-0.05, 0) is 90.3 Å². The van der Waals surface area contributed by atoms with Crippen LogP contribution in [0.15, 0.2) is 0 Å². The standard InChI is InChI=1S/C23H32O4/c1-8-9(2)11-5-10(8)16-12-6-13(17(11)16)19-15-7-14(18(12)19)20(22(24)26-3)21(15)23(25)27-4/h8-21H,5-7H2,1-4H3. The Labute approximate surface area is 161 Å². The predicted molar refractivity (Wildman–Crippen MR) is 98.1 cm³/mol. The zero-order valence-electron chi connectivity index (χ0n) is 16.8. The lowest BCUT2D eigenvalue weighted by Crippen LogP contribution is -2.50. The molecule has 27 heavy (non-hydrogen) atoms. The Morgan fingerprint density at radius 1 is 0.593 bits per heavy atom. The molecule has 0 N–H and O–H groups in total. The molecular weight excluding hydrogens is 340 g/mol. The van der Waals surface area contributed by atoms with Crippen LogP contribution >= 0.6 is 0 Å². The van der Waals surface area contributed by atoms with E-state index < -0.39 is 0 Å². The number of carbonyl (C=O) groups excluding carboxylic acids is 2. The molecule has 6 aliphatic carbocycles. The van der Waals surface area contributed by atoms with Crippen molar-refractivity contribution < 1.29 is 19.1 Å². The summed E-state index contributed by atoms with van der Waals surface area (Å²) in [6.45, 7) is 4.97. The van der Waals surface area contributed by atoms with Gasteiger partial charge in [0, 0.05) is 0 Å². The van der Waals surface area contributed by atoms with Crippen LogP contribution in [-0.4, -0.2) is 26.2 Å². The van der Waals surface area contributed by atoms with Gasteiger partial charge in [-0.15, -0.1) is 0 Å².